The van der Waals surface area contributed by atoms with Gasteiger partial charge in [-0.1, -0.05) is 0 Å². The van der Waals surface area contributed by atoms with E-state index >= 15 is 0 Å². The fourth-order valence-corrected chi connectivity index (χ4v) is 1.36. The molecule has 2 amide bonds. The largest absolute Gasteiger partial charge is 0.270 e. The Morgan fingerprint density at radius 1 is 0.923 bits per heavy atom. The number of imide groups is 1. The Labute approximate surface area is 78.4 Å². The van der Waals surface area contributed by atoms with Crippen LogP contribution in [0.1, 0.15) is 34.6 Å². The highest BCUT2D eigenvalue weighted by Crippen LogP contribution is 2.26. The lowest BCUT2D eigenvalue weighted by Crippen LogP contribution is -2.46. The van der Waals surface area contributed by atoms with Crippen molar-refractivity contribution in [3.05, 3.63) is 11.1 Å². The van der Waals surface area contributed by atoms with Crippen LogP contribution in [0.4, 0.5) is 0 Å². The molecule has 0 aromatic carbocycles. The van der Waals surface area contributed by atoms with Crippen molar-refractivity contribution in [3.63, 3.8) is 0 Å². The molecule has 1 heterocycles. The molecule has 0 radical (unpaired) electrons. The van der Waals surface area contributed by atoms with Gasteiger partial charge in [0.1, 0.15) is 0 Å². The van der Waals surface area contributed by atoms with E-state index in [1.165, 1.54) is 4.90 Å². The number of hydrogen-bond donors (Lipinski definition) is 0. The van der Waals surface area contributed by atoms with Gasteiger partial charge < -0.3 is 0 Å². The summed E-state index contributed by atoms with van der Waals surface area (Å²) in [6.45, 7) is 8.96. The molecule has 1 rings (SSSR count). The molecule has 72 valence electrons. The summed E-state index contributed by atoms with van der Waals surface area (Å²) in [5.74, 6) is -0.315. The lowest BCUT2D eigenvalue weighted by molar-refractivity contribution is -0.142. The van der Waals surface area contributed by atoms with Crippen LogP contribution in [0.2, 0.25) is 0 Å². The summed E-state index contributed by atoms with van der Waals surface area (Å²) < 4.78 is 0. The van der Waals surface area contributed by atoms with E-state index in [9.17, 15) is 9.59 Å². The summed E-state index contributed by atoms with van der Waals surface area (Å²) >= 11 is 0. The average molecular weight is 181 g/mol. The first kappa shape index (κ1) is 9.96. The van der Waals surface area contributed by atoms with Crippen molar-refractivity contribution in [2.24, 2.45) is 0 Å². The van der Waals surface area contributed by atoms with E-state index in [0.717, 1.165) is 0 Å². The van der Waals surface area contributed by atoms with Crippen LogP contribution in [0.15, 0.2) is 11.1 Å². The third-order valence-corrected chi connectivity index (χ3v) is 2.28. The molecule has 0 aromatic heterocycles. The highest BCUT2D eigenvalue weighted by atomic mass is 16.2. The molecule has 1 aliphatic rings. The Hall–Kier alpha value is -1.12. The fourth-order valence-electron chi connectivity index (χ4n) is 1.36. The summed E-state index contributed by atoms with van der Waals surface area (Å²) in [6.07, 6.45) is 0. The Morgan fingerprint density at radius 2 is 1.23 bits per heavy atom. The van der Waals surface area contributed by atoms with Gasteiger partial charge in [-0.25, -0.2) is 0 Å². The number of amides is 2. The van der Waals surface area contributed by atoms with E-state index in [1.807, 2.05) is 20.8 Å². The van der Waals surface area contributed by atoms with Crippen molar-refractivity contribution in [1.82, 2.24) is 4.90 Å². The van der Waals surface area contributed by atoms with Crippen molar-refractivity contribution < 1.29 is 9.59 Å². The second-order valence-corrected chi connectivity index (χ2v) is 4.37. The summed E-state index contributed by atoms with van der Waals surface area (Å²) in [6, 6.07) is 0. The van der Waals surface area contributed by atoms with Crippen LogP contribution in [0.25, 0.3) is 0 Å². The van der Waals surface area contributed by atoms with E-state index in [0.29, 0.717) is 11.1 Å². The molecule has 0 saturated carbocycles. The standard InChI is InChI=1S/C10H15NO2/c1-6-7(2)9(13)11(8(6)12)10(3,4)5/h1-5H3. The third kappa shape index (κ3) is 1.39. The molecule has 3 nitrogen and oxygen atoms in total. The maximum atomic E-state index is 11.6. The van der Waals surface area contributed by atoms with Crippen molar-refractivity contribution in [2.45, 2.75) is 40.2 Å². The monoisotopic (exact) mass is 181 g/mol. The van der Waals surface area contributed by atoms with Gasteiger partial charge in [-0.3, -0.25) is 14.5 Å². The average Bonchev–Trinajstić information content (AvgIpc) is 2.14. The molecule has 0 fully saturated rings. The molecule has 0 aromatic rings. The van der Waals surface area contributed by atoms with Crippen LogP contribution in [0.5, 0.6) is 0 Å². The molecule has 0 atom stereocenters. The molecule has 0 N–H and O–H groups in total. The number of rotatable bonds is 0. The molecule has 0 bridgehead atoms. The lowest BCUT2D eigenvalue weighted by atomic mass is 10.1. The molecule has 13 heavy (non-hydrogen) atoms. The maximum Gasteiger partial charge on any atom is 0.257 e. The topological polar surface area (TPSA) is 37.4 Å². The van der Waals surface area contributed by atoms with Gasteiger partial charge in [-0.05, 0) is 34.6 Å². The van der Waals surface area contributed by atoms with Crippen LogP contribution in [-0.4, -0.2) is 22.3 Å². The van der Waals surface area contributed by atoms with Gasteiger partial charge in [0.25, 0.3) is 11.8 Å². The van der Waals surface area contributed by atoms with Crippen molar-refractivity contribution in [3.8, 4) is 0 Å². The zero-order chi connectivity index (χ0) is 10.4. The molecule has 0 unspecified atom stereocenters. The van der Waals surface area contributed by atoms with Gasteiger partial charge in [-0.2, -0.15) is 0 Å². The third-order valence-electron chi connectivity index (χ3n) is 2.28. The summed E-state index contributed by atoms with van der Waals surface area (Å²) in [4.78, 5) is 24.6. The fraction of sp³-hybridized carbons (Fsp3) is 0.600. The van der Waals surface area contributed by atoms with Gasteiger partial charge >= 0.3 is 0 Å². The summed E-state index contributed by atoms with van der Waals surface area (Å²) in [5.41, 5.74) is 0.715. The quantitative estimate of drug-likeness (QED) is 0.531. The number of carbonyl (C=O) groups excluding carboxylic acids is 2. The number of hydrogen-bond acceptors (Lipinski definition) is 2. The van der Waals surface area contributed by atoms with Crippen molar-refractivity contribution in [1.29, 1.82) is 0 Å². The van der Waals surface area contributed by atoms with Crippen LogP contribution in [0.3, 0.4) is 0 Å². The van der Waals surface area contributed by atoms with E-state index < -0.39 is 5.54 Å². The second-order valence-electron chi connectivity index (χ2n) is 4.37. The Bertz CT molecular complexity index is 283. The van der Waals surface area contributed by atoms with Crippen LogP contribution >= 0.6 is 0 Å². The lowest BCUT2D eigenvalue weighted by Gasteiger charge is -2.30. The smallest absolute Gasteiger partial charge is 0.257 e. The second kappa shape index (κ2) is 2.69. The highest BCUT2D eigenvalue weighted by molar-refractivity contribution is 6.19. The maximum absolute atomic E-state index is 11.6. The Balaban J connectivity index is 3.12. The normalized spacial score (nSPS) is 19.0. The molecular weight excluding hydrogens is 166 g/mol. The molecule has 0 aliphatic carbocycles. The predicted octanol–water partition coefficient (Wildman–Crippen LogP) is 1.49. The minimum absolute atomic E-state index is 0.157. The van der Waals surface area contributed by atoms with E-state index in [2.05, 4.69) is 0 Å². The SMILES string of the molecule is CC1=C(C)C(=O)N(C(C)(C)C)C1=O. The molecule has 3 heteroatoms. The number of carbonyl (C=O) groups is 2. The van der Waals surface area contributed by atoms with Gasteiger partial charge in [0.2, 0.25) is 0 Å². The minimum atomic E-state index is -0.423. The van der Waals surface area contributed by atoms with Gasteiger partial charge in [-0.15, -0.1) is 0 Å². The van der Waals surface area contributed by atoms with Gasteiger partial charge in [0.05, 0.1) is 0 Å². The minimum Gasteiger partial charge on any atom is -0.270 e. The molecule has 1 aliphatic heterocycles. The van der Waals surface area contributed by atoms with E-state index in [-0.39, 0.29) is 11.8 Å². The highest BCUT2D eigenvalue weighted by Gasteiger charge is 2.39. The van der Waals surface area contributed by atoms with Crippen LogP contribution in [0, 0.1) is 0 Å². The first-order valence-corrected chi connectivity index (χ1v) is 4.33. The van der Waals surface area contributed by atoms with Gasteiger partial charge in [0, 0.05) is 16.7 Å². The van der Waals surface area contributed by atoms with Crippen molar-refractivity contribution in [2.75, 3.05) is 0 Å². The zero-order valence-electron chi connectivity index (χ0n) is 8.76. The number of nitrogens with zero attached hydrogens (tertiary/aromatic N) is 1. The van der Waals surface area contributed by atoms with E-state index in [4.69, 9.17) is 0 Å². The Kier molecular flexibility index (Phi) is 2.06. The van der Waals surface area contributed by atoms with Crippen molar-refractivity contribution >= 4 is 11.8 Å². The van der Waals surface area contributed by atoms with E-state index in [1.54, 1.807) is 13.8 Å². The summed E-state index contributed by atoms with van der Waals surface area (Å²) in [5, 5.41) is 0. The van der Waals surface area contributed by atoms with Gasteiger partial charge in [0.15, 0.2) is 0 Å². The first-order valence-electron chi connectivity index (χ1n) is 4.33. The predicted molar refractivity (Wildman–Crippen MR) is 50.0 cm³/mol. The Morgan fingerprint density at radius 3 is 1.38 bits per heavy atom. The molecule has 0 spiro atoms. The zero-order valence-corrected chi connectivity index (χ0v) is 8.76. The summed E-state index contributed by atoms with van der Waals surface area (Å²) in [7, 11) is 0. The first-order chi connectivity index (χ1) is 5.76. The van der Waals surface area contributed by atoms with Crippen LogP contribution < -0.4 is 0 Å². The molecule has 0 saturated heterocycles. The molecular formula is C10H15NO2. The van der Waals surface area contributed by atoms with Crippen LogP contribution in [-0.2, 0) is 9.59 Å².